The van der Waals surface area contributed by atoms with Crippen LogP contribution in [0.4, 0.5) is 5.69 Å². The number of anilines is 1. The highest BCUT2D eigenvalue weighted by molar-refractivity contribution is 6.02. The molecule has 1 aliphatic heterocycles. The number of nitrogens with one attached hydrogen (secondary N) is 1. The summed E-state index contributed by atoms with van der Waals surface area (Å²) in [4.78, 5) is 26.8. The number of nitrogens with zero attached hydrogens (tertiary/aromatic N) is 2. The number of primary amides is 1. The van der Waals surface area contributed by atoms with Crippen molar-refractivity contribution >= 4 is 17.4 Å². The SMILES string of the molecule is CC(=O)C1N(c2cn[nH]c2)CC1(C(N)=O)c1ccccc1C(C)C. The first-order chi connectivity index (χ1) is 11.4. The highest BCUT2D eigenvalue weighted by atomic mass is 16.2. The molecule has 2 unspecified atom stereocenters. The van der Waals surface area contributed by atoms with Gasteiger partial charge >= 0.3 is 0 Å². The van der Waals surface area contributed by atoms with Crippen LogP contribution in [0.15, 0.2) is 36.7 Å². The number of benzene rings is 1. The Bertz CT molecular complexity index is 769. The summed E-state index contributed by atoms with van der Waals surface area (Å²) in [5.74, 6) is -0.316. The highest BCUT2D eigenvalue weighted by Gasteiger charge is 2.61. The fraction of sp³-hybridized carbons (Fsp3) is 0.389. The minimum absolute atomic E-state index is 0.0835. The molecule has 6 nitrogen and oxygen atoms in total. The van der Waals surface area contributed by atoms with E-state index in [4.69, 9.17) is 5.73 Å². The molecule has 1 aromatic heterocycles. The Kier molecular flexibility index (Phi) is 3.91. The van der Waals surface area contributed by atoms with Crippen molar-refractivity contribution in [3.05, 3.63) is 47.8 Å². The Labute approximate surface area is 141 Å². The minimum atomic E-state index is -1.01. The fourth-order valence-corrected chi connectivity index (χ4v) is 3.79. The molecule has 24 heavy (non-hydrogen) atoms. The molecule has 2 heterocycles. The molecule has 2 aromatic rings. The third kappa shape index (κ3) is 2.21. The number of aromatic nitrogens is 2. The quantitative estimate of drug-likeness (QED) is 0.875. The van der Waals surface area contributed by atoms with Gasteiger partial charge in [-0.25, -0.2) is 0 Å². The van der Waals surface area contributed by atoms with Crippen LogP contribution < -0.4 is 10.6 Å². The lowest BCUT2D eigenvalue weighted by Crippen LogP contribution is -2.75. The topological polar surface area (TPSA) is 92.1 Å². The summed E-state index contributed by atoms with van der Waals surface area (Å²) in [6.45, 7) is 6.02. The van der Waals surface area contributed by atoms with E-state index in [0.29, 0.717) is 6.54 Å². The Morgan fingerprint density at radius 2 is 2.08 bits per heavy atom. The Balaban J connectivity index is 2.14. The molecule has 0 radical (unpaired) electrons. The predicted molar refractivity (Wildman–Crippen MR) is 91.8 cm³/mol. The van der Waals surface area contributed by atoms with Crippen molar-refractivity contribution in [2.24, 2.45) is 5.73 Å². The van der Waals surface area contributed by atoms with Gasteiger partial charge in [-0.05, 0) is 24.0 Å². The number of ketones is 1. The lowest BCUT2D eigenvalue weighted by molar-refractivity contribution is -0.133. The molecule has 1 aromatic carbocycles. The van der Waals surface area contributed by atoms with E-state index < -0.39 is 17.4 Å². The van der Waals surface area contributed by atoms with E-state index >= 15 is 0 Å². The molecule has 0 aliphatic carbocycles. The molecule has 1 fully saturated rings. The van der Waals surface area contributed by atoms with E-state index in [9.17, 15) is 9.59 Å². The maximum absolute atomic E-state index is 12.5. The third-order valence-corrected chi connectivity index (χ3v) is 4.90. The van der Waals surface area contributed by atoms with Gasteiger partial charge in [-0.15, -0.1) is 0 Å². The number of nitrogens with two attached hydrogens (primary N) is 1. The molecule has 126 valence electrons. The molecule has 0 bridgehead atoms. The van der Waals surface area contributed by atoms with Crippen LogP contribution in [0.3, 0.4) is 0 Å². The maximum atomic E-state index is 12.5. The molecule has 0 spiro atoms. The number of hydrogen-bond acceptors (Lipinski definition) is 4. The summed E-state index contributed by atoms with van der Waals surface area (Å²) in [7, 11) is 0. The van der Waals surface area contributed by atoms with Gasteiger partial charge in [0.05, 0.1) is 11.9 Å². The number of rotatable bonds is 5. The average molecular weight is 326 g/mol. The van der Waals surface area contributed by atoms with Crippen molar-refractivity contribution in [2.75, 3.05) is 11.4 Å². The van der Waals surface area contributed by atoms with Gasteiger partial charge in [0.15, 0.2) is 5.78 Å². The monoisotopic (exact) mass is 326 g/mol. The van der Waals surface area contributed by atoms with Gasteiger partial charge in [-0.2, -0.15) is 5.10 Å². The number of carbonyl (C=O) groups is 2. The molecule has 3 rings (SSSR count). The first kappa shape index (κ1) is 16.2. The van der Waals surface area contributed by atoms with E-state index in [0.717, 1.165) is 16.8 Å². The molecular weight excluding hydrogens is 304 g/mol. The normalized spacial score (nSPS) is 23.2. The predicted octanol–water partition coefficient (Wildman–Crippen LogP) is 1.73. The zero-order valence-corrected chi connectivity index (χ0v) is 14.1. The number of aromatic amines is 1. The zero-order chi connectivity index (χ0) is 17.5. The summed E-state index contributed by atoms with van der Waals surface area (Å²) in [6.07, 6.45) is 3.37. The van der Waals surface area contributed by atoms with Gasteiger partial charge in [0, 0.05) is 12.7 Å². The number of amides is 1. The van der Waals surface area contributed by atoms with Crippen LogP contribution in [0, 0.1) is 0 Å². The number of Topliss-reactive ketones (excluding diaryl/α,β-unsaturated/α-hetero) is 1. The summed E-state index contributed by atoms with van der Waals surface area (Å²) < 4.78 is 0. The van der Waals surface area contributed by atoms with Crippen LogP contribution in [0.1, 0.15) is 37.8 Å². The van der Waals surface area contributed by atoms with E-state index in [1.54, 1.807) is 12.4 Å². The molecule has 1 saturated heterocycles. The van der Waals surface area contributed by atoms with Crippen LogP contribution in [0.2, 0.25) is 0 Å². The lowest BCUT2D eigenvalue weighted by Gasteiger charge is -2.56. The second-order valence-corrected chi connectivity index (χ2v) is 6.68. The molecule has 1 aliphatic rings. The van der Waals surface area contributed by atoms with Gasteiger partial charge in [0.25, 0.3) is 0 Å². The van der Waals surface area contributed by atoms with Gasteiger partial charge in [0.1, 0.15) is 11.5 Å². The largest absolute Gasteiger partial charge is 0.369 e. The molecule has 2 atom stereocenters. The van der Waals surface area contributed by atoms with Crippen LogP contribution in [-0.2, 0) is 15.0 Å². The van der Waals surface area contributed by atoms with E-state index in [1.807, 2.05) is 29.2 Å². The Morgan fingerprint density at radius 1 is 1.38 bits per heavy atom. The highest BCUT2D eigenvalue weighted by Crippen LogP contribution is 2.46. The zero-order valence-electron chi connectivity index (χ0n) is 14.1. The minimum Gasteiger partial charge on any atom is -0.369 e. The van der Waals surface area contributed by atoms with E-state index in [-0.39, 0.29) is 11.7 Å². The van der Waals surface area contributed by atoms with Crippen LogP contribution in [0.5, 0.6) is 0 Å². The van der Waals surface area contributed by atoms with Crippen molar-refractivity contribution in [1.29, 1.82) is 0 Å². The van der Waals surface area contributed by atoms with Crippen molar-refractivity contribution in [3.8, 4) is 0 Å². The van der Waals surface area contributed by atoms with E-state index in [1.165, 1.54) is 6.92 Å². The van der Waals surface area contributed by atoms with Gasteiger partial charge < -0.3 is 10.6 Å². The third-order valence-electron chi connectivity index (χ3n) is 4.90. The van der Waals surface area contributed by atoms with Gasteiger partial charge in [-0.3, -0.25) is 14.7 Å². The average Bonchev–Trinajstić information content (AvgIpc) is 3.00. The number of hydrogen-bond donors (Lipinski definition) is 2. The first-order valence-corrected chi connectivity index (χ1v) is 8.04. The fourth-order valence-electron chi connectivity index (χ4n) is 3.79. The second kappa shape index (κ2) is 5.78. The maximum Gasteiger partial charge on any atom is 0.232 e. The Hall–Kier alpha value is -2.63. The van der Waals surface area contributed by atoms with Crippen LogP contribution in [-0.4, -0.2) is 34.5 Å². The van der Waals surface area contributed by atoms with Crippen molar-refractivity contribution in [2.45, 2.75) is 38.1 Å². The molecular formula is C18H22N4O2. The summed E-state index contributed by atoms with van der Waals surface area (Å²) >= 11 is 0. The molecule has 1 amide bonds. The van der Waals surface area contributed by atoms with Gasteiger partial charge in [-0.1, -0.05) is 38.1 Å². The lowest BCUT2D eigenvalue weighted by atomic mass is 9.62. The standard InChI is InChI=1S/C18H22N4O2/c1-11(2)14-6-4-5-7-15(14)18(17(19)24)10-22(16(18)12(3)23)13-8-20-21-9-13/h4-9,11,16H,10H2,1-3H3,(H2,19,24)(H,20,21). The van der Waals surface area contributed by atoms with Gasteiger partial charge in [0.2, 0.25) is 5.91 Å². The molecule has 6 heteroatoms. The van der Waals surface area contributed by atoms with E-state index in [2.05, 4.69) is 24.0 Å². The van der Waals surface area contributed by atoms with Crippen molar-refractivity contribution in [1.82, 2.24) is 10.2 Å². The molecule has 3 N–H and O–H groups in total. The second-order valence-electron chi connectivity index (χ2n) is 6.68. The van der Waals surface area contributed by atoms with Crippen LogP contribution >= 0.6 is 0 Å². The Morgan fingerprint density at radius 3 is 2.62 bits per heavy atom. The van der Waals surface area contributed by atoms with Crippen molar-refractivity contribution in [3.63, 3.8) is 0 Å². The summed E-state index contributed by atoms with van der Waals surface area (Å²) in [6, 6.07) is 7.14. The molecule has 0 saturated carbocycles. The van der Waals surface area contributed by atoms with Crippen LogP contribution in [0.25, 0.3) is 0 Å². The summed E-state index contributed by atoms with van der Waals surface area (Å²) in [5, 5.41) is 6.68. The van der Waals surface area contributed by atoms with Crippen molar-refractivity contribution < 1.29 is 9.59 Å². The summed E-state index contributed by atoms with van der Waals surface area (Å²) in [5.41, 5.74) is 7.52. The number of H-pyrrole nitrogens is 1. The first-order valence-electron chi connectivity index (χ1n) is 8.04. The number of carbonyl (C=O) groups excluding carboxylic acids is 2. The smallest absolute Gasteiger partial charge is 0.232 e.